The number of hydrogen-bond donors (Lipinski definition) is 0. The molecular weight excluding hydrogens is 336 g/mol. The van der Waals surface area contributed by atoms with Gasteiger partial charge in [-0.2, -0.15) is 0 Å². The minimum atomic E-state index is 0.740. The van der Waals surface area contributed by atoms with E-state index in [0.29, 0.717) is 0 Å². The normalized spacial score (nSPS) is 11.0. The number of hydrogen-bond acceptors (Lipinski definition) is 3. The Morgan fingerprint density at radius 3 is 0.926 bits per heavy atom. The maximum atomic E-state index is 10.2. The Morgan fingerprint density at radius 1 is 0.370 bits per heavy atom. The van der Waals surface area contributed by atoms with Gasteiger partial charge < -0.3 is 14.3 Å². The highest BCUT2D eigenvalue weighted by Gasteiger charge is 1.95. The summed E-state index contributed by atoms with van der Waals surface area (Å²) in [6, 6.07) is 0. The molecule has 0 heterocycles. The predicted molar refractivity (Wildman–Crippen MR) is 115 cm³/mol. The van der Waals surface area contributed by atoms with Crippen molar-refractivity contribution in [1.82, 2.24) is 0 Å². The van der Waals surface area contributed by atoms with E-state index in [-0.39, 0.29) is 0 Å². The van der Waals surface area contributed by atoms with Crippen LogP contribution < -0.4 is 0 Å². The summed E-state index contributed by atoms with van der Waals surface area (Å²) in [5, 5.41) is 0. The Balaban J connectivity index is 2.97. The van der Waals surface area contributed by atoms with Crippen LogP contribution >= 0.6 is 0 Å². The van der Waals surface area contributed by atoms with Gasteiger partial charge in [0.15, 0.2) is 0 Å². The van der Waals surface area contributed by atoms with Crippen molar-refractivity contribution in [3.63, 3.8) is 0 Å². The third-order valence-electron chi connectivity index (χ3n) is 5.22. The molecule has 0 aliphatic carbocycles. The number of ether oxygens (including phenoxy) is 1. The summed E-state index contributed by atoms with van der Waals surface area (Å²) in [6.45, 7) is 1.87. The van der Waals surface area contributed by atoms with Crippen molar-refractivity contribution in [1.29, 1.82) is 0 Å². The van der Waals surface area contributed by atoms with Gasteiger partial charge in [0.05, 0.1) is 0 Å². The zero-order valence-electron chi connectivity index (χ0n) is 17.9. The highest BCUT2D eigenvalue weighted by Crippen LogP contribution is 2.11. The smallest absolute Gasteiger partial charge is 0.119 e. The fourth-order valence-electron chi connectivity index (χ4n) is 3.44. The van der Waals surface area contributed by atoms with Crippen LogP contribution in [0.2, 0.25) is 0 Å². The summed E-state index contributed by atoms with van der Waals surface area (Å²) in [4.78, 5) is 20.4. The van der Waals surface area contributed by atoms with Crippen molar-refractivity contribution in [3.05, 3.63) is 0 Å². The second kappa shape index (κ2) is 25.3. The Bertz CT molecular complexity index is 263. The topological polar surface area (TPSA) is 43.4 Å². The number of carbonyl (C=O) groups excluding carboxylic acids is 2. The molecular formula is C24H46O3. The van der Waals surface area contributed by atoms with Gasteiger partial charge in [0.25, 0.3) is 0 Å². The molecule has 0 bridgehead atoms. The quantitative estimate of drug-likeness (QED) is 0.131. The standard InChI is InChI=1S/C24H46O3/c25-21-17-13-9-5-1-3-7-11-15-19-23-27-24-20-16-12-8-4-2-6-10-14-18-22-26/h21-22H,1-20,23-24H2. The summed E-state index contributed by atoms with van der Waals surface area (Å²) >= 11 is 0. The van der Waals surface area contributed by atoms with Crippen LogP contribution in [-0.2, 0) is 14.3 Å². The predicted octanol–water partition coefficient (Wildman–Crippen LogP) is 7.20. The molecule has 0 aromatic carbocycles. The lowest BCUT2D eigenvalue weighted by Gasteiger charge is -2.05. The first-order valence-corrected chi connectivity index (χ1v) is 11.9. The van der Waals surface area contributed by atoms with Crippen LogP contribution in [0.15, 0.2) is 0 Å². The van der Waals surface area contributed by atoms with Crippen LogP contribution in [0.3, 0.4) is 0 Å². The Hall–Kier alpha value is -0.700. The largest absolute Gasteiger partial charge is 0.381 e. The van der Waals surface area contributed by atoms with Gasteiger partial charge in [0, 0.05) is 26.1 Å². The first-order chi connectivity index (χ1) is 13.4. The molecule has 160 valence electrons. The summed E-state index contributed by atoms with van der Waals surface area (Å²) in [7, 11) is 0. The SMILES string of the molecule is O=CCCCCCCCCCCCOCCCCCCCCCCCC=O. The summed E-state index contributed by atoms with van der Waals surface area (Å²) in [5.41, 5.74) is 0. The maximum Gasteiger partial charge on any atom is 0.119 e. The molecule has 0 amide bonds. The average Bonchev–Trinajstić information content (AvgIpc) is 2.68. The van der Waals surface area contributed by atoms with Gasteiger partial charge in [-0.15, -0.1) is 0 Å². The van der Waals surface area contributed by atoms with Crippen molar-refractivity contribution < 1.29 is 14.3 Å². The highest BCUT2D eigenvalue weighted by atomic mass is 16.5. The molecule has 0 aromatic heterocycles. The highest BCUT2D eigenvalue weighted by molar-refractivity contribution is 5.49. The van der Waals surface area contributed by atoms with Crippen LogP contribution in [0.5, 0.6) is 0 Å². The minimum absolute atomic E-state index is 0.740. The minimum Gasteiger partial charge on any atom is -0.381 e. The molecule has 0 saturated carbocycles. The van der Waals surface area contributed by atoms with E-state index in [2.05, 4.69) is 0 Å². The number of aldehydes is 2. The molecule has 0 saturated heterocycles. The molecule has 3 heteroatoms. The molecule has 3 nitrogen and oxygen atoms in total. The van der Waals surface area contributed by atoms with E-state index >= 15 is 0 Å². The molecule has 0 radical (unpaired) electrons. The Morgan fingerprint density at radius 2 is 0.630 bits per heavy atom. The fraction of sp³-hybridized carbons (Fsp3) is 0.917. The summed E-state index contributed by atoms with van der Waals surface area (Å²) in [6.07, 6.45) is 26.5. The number of carbonyl (C=O) groups is 2. The lowest BCUT2D eigenvalue weighted by Crippen LogP contribution is -1.97. The third-order valence-corrected chi connectivity index (χ3v) is 5.22. The molecule has 0 N–H and O–H groups in total. The van der Waals surface area contributed by atoms with Crippen molar-refractivity contribution in [2.45, 2.75) is 128 Å². The van der Waals surface area contributed by atoms with Gasteiger partial charge in [-0.3, -0.25) is 0 Å². The van der Waals surface area contributed by atoms with Crippen LogP contribution in [0.4, 0.5) is 0 Å². The van der Waals surface area contributed by atoms with Gasteiger partial charge >= 0.3 is 0 Å². The van der Waals surface area contributed by atoms with Gasteiger partial charge in [-0.25, -0.2) is 0 Å². The van der Waals surface area contributed by atoms with Crippen LogP contribution in [0.25, 0.3) is 0 Å². The lowest BCUT2D eigenvalue weighted by molar-refractivity contribution is -0.108. The van der Waals surface area contributed by atoms with E-state index in [1.54, 1.807) is 0 Å². The second-order valence-corrected chi connectivity index (χ2v) is 7.89. The van der Waals surface area contributed by atoms with Crippen LogP contribution in [-0.4, -0.2) is 25.8 Å². The molecule has 0 aliphatic rings. The fourth-order valence-corrected chi connectivity index (χ4v) is 3.44. The number of rotatable bonds is 24. The summed E-state index contributed by atoms with van der Waals surface area (Å²) < 4.78 is 5.74. The zero-order chi connectivity index (χ0) is 19.7. The number of unbranched alkanes of at least 4 members (excludes halogenated alkanes) is 18. The van der Waals surface area contributed by atoms with Crippen molar-refractivity contribution in [2.75, 3.05) is 13.2 Å². The molecule has 0 fully saturated rings. The molecule has 0 atom stereocenters. The van der Waals surface area contributed by atoms with E-state index < -0.39 is 0 Å². The maximum absolute atomic E-state index is 10.2. The van der Waals surface area contributed by atoms with Crippen molar-refractivity contribution >= 4 is 12.6 Å². The molecule has 0 unspecified atom stereocenters. The van der Waals surface area contributed by atoms with Gasteiger partial charge in [-0.05, 0) is 25.7 Å². The molecule has 27 heavy (non-hydrogen) atoms. The monoisotopic (exact) mass is 382 g/mol. The molecule has 0 rings (SSSR count). The van der Waals surface area contributed by atoms with Crippen LogP contribution in [0.1, 0.15) is 128 Å². The zero-order valence-corrected chi connectivity index (χ0v) is 17.9. The van der Waals surface area contributed by atoms with E-state index in [1.807, 2.05) is 0 Å². The van der Waals surface area contributed by atoms with Gasteiger partial charge in [0.1, 0.15) is 12.6 Å². The Labute approximate surface area is 169 Å². The van der Waals surface area contributed by atoms with E-state index in [1.165, 1.54) is 103 Å². The molecule has 0 aliphatic heterocycles. The average molecular weight is 383 g/mol. The van der Waals surface area contributed by atoms with E-state index in [4.69, 9.17) is 4.74 Å². The van der Waals surface area contributed by atoms with Crippen molar-refractivity contribution in [2.24, 2.45) is 0 Å². The van der Waals surface area contributed by atoms with Crippen molar-refractivity contribution in [3.8, 4) is 0 Å². The Kier molecular flexibility index (Phi) is 24.6. The van der Waals surface area contributed by atoms with Crippen LogP contribution in [0, 0.1) is 0 Å². The van der Waals surface area contributed by atoms with E-state index in [9.17, 15) is 9.59 Å². The lowest BCUT2D eigenvalue weighted by atomic mass is 10.1. The first kappa shape index (κ1) is 26.3. The van der Waals surface area contributed by atoms with Gasteiger partial charge in [0.2, 0.25) is 0 Å². The molecule has 0 aromatic rings. The molecule has 0 spiro atoms. The first-order valence-electron chi connectivity index (χ1n) is 11.9. The third kappa shape index (κ3) is 25.3. The summed E-state index contributed by atoms with van der Waals surface area (Å²) in [5.74, 6) is 0. The van der Waals surface area contributed by atoms with Gasteiger partial charge in [-0.1, -0.05) is 89.9 Å². The second-order valence-electron chi connectivity index (χ2n) is 7.89. The van der Waals surface area contributed by atoms with E-state index in [0.717, 1.165) is 51.5 Å².